The standard InChI is InChI=1S/C18H30N2O/c1-3-11-19-13-16-8-5-6-9-17(16)14-20(4-2)15-18-10-7-12-21-18/h5-6,8-9,18-19H,3-4,7,10-15H2,1-2H3. The number of rotatable bonds is 9. The maximum absolute atomic E-state index is 5.78. The molecule has 0 radical (unpaired) electrons. The molecule has 1 aromatic rings. The van der Waals surface area contributed by atoms with Crippen LogP contribution in [0.2, 0.25) is 0 Å². The van der Waals surface area contributed by atoms with Crippen molar-refractivity contribution in [1.82, 2.24) is 10.2 Å². The summed E-state index contributed by atoms with van der Waals surface area (Å²) in [5.41, 5.74) is 2.87. The molecule has 1 N–H and O–H groups in total. The van der Waals surface area contributed by atoms with Crippen molar-refractivity contribution in [3.8, 4) is 0 Å². The first-order valence-electron chi connectivity index (χ1n) is 8.45. The topological polar surface area (TPSA) is 24.5 Å². The normalized spacial score (nSPS) is 18.5. The maximum atomic E-state index is 5.78. The van der Waals surface area contributed by atoms with Gasteiger partial charge in [-0.05, 0) is 43.5 Å². The molecule has 1 fully saturated rings. The minimum atomic E-state index is 0.440. The zero-order valence-corrected chi connectivity index (χ0v) is 13.6. The van der Waals surface area contributed by atoms with Crippen LogP contribution in [0.15, 0.2) is 24.3 Å². The summed E-state index contributed by atoms with van der Waals surface area (Å²) in [4.78, 5) is 2.51. The van der Waals surface area contributed by atoms with Gasteiger partial charge in [0.1, 0.15) is 0 Å². The van der Waals surface area contributed by atoms with Crippen molar-refractivity contribution in [2.45, 2.75) is 52.3 Å². The molecule has 118 valence electrons. The molecule has 21 heavy (non-hydrogen) atoms. The highest BCUT2D eigenvalue weighted by Crippen LogP contribution is 2.16. The first-order chi connectivity index (χ1) is 10.3. The number of nitrogens with zero attached hydrogens (tertiary/aromatic N) is 1. The molecule has 3 nitrogen and oxygen atoms in total. The Morgan fingerprint density at radius 2 is 2.05 bits per heavy atom. The van der Waals surface area contributed by atoms with Gasteiger partial charge in [0.05, 0.1) is 6.10 Å². The van der Waals surface area contributed by atoms with Gasteiger partial charge in [0.15, 0.2) is 0 Å². The molecular formula is C18H30N2O. The Morgan fingerprint density at radius 1 is 1.24 bits per heavy atom. The average molecular weight is 290 g/mol. The fraction of sp³-hybridized carbons (Fsp3) is 0.667. The molecule has 0 bridgehead atoms. The quantitative estimate of drug-likeness (QED) is 0.707. The number of hydrogen-bond donors (Lipinski definition) is 1. The molecule has 1 aliphatic heterocycles. The van der Waals surface area contributed by atoms with Crippen molar-refractivity contribution in [3.63, 3.8) is 0 Å². The van der Waals surface area contributed by atoms with Gasteiger partial charge in [-0.25, -0.2) is 0 Å². The van der Waals surface area contributed by atoms with E-state index in [1.807, 2.05) is 0 Å². The molecule has 3 heteroatoms. The maximum Gasteiger partial charge on any atom is 0.0702 e. The minimum Gasteiger partial charge on any atom is -0.377 e. The van der Waals surface area contributed by atoms with E-state index in [0.717, 1.165) is 39.3 Å². The highest BCUT2D eigenvalue weighted by atomic mass is 16.5. The third-order valence-electron chi connectivity index (χ3n) is 4.19. The lowest BCUT2D eigenvalue weighted by atomic mass is 10.1. The highest BCUT2D eigenvalue weighted by molar-refractivity contribution is 5.27. The predicted octanol–water partition coefficient (Wildman–Crippen LogP) is 3.19. The molecule has 0 amide bonds. The van der Waals surface area contributed by atoms with Gasteiger partial charge in [-0.3, -0.25) is 4.90 Å². The van der Waals surface area contributed by atoms with Gasteiger partial charge in [0.2, 0.25) is 0 Å². The van der Waals surface area contributed by atoms with Crippen molar-refractivity contribution in [2.75, 3.05) is 26.2 Å². The second-order valence-corrected chi connectivity index (χ2v) is 5.91. The van der Waals surface area contributed by atoms with Gasteiger partial charge in [0, 0.05) is 26.2 Å². The van der Waals surface area contributed by atoms with Crippen LogP contribution < -0.4 is 5.32 Å². The van der Waals surface area contributed by atoms with E-state index in [-0.39, 0.29) is 0 Å². The summed E-state index contributed by atoms with van der Waals surface area (Å²) in [6.07, 6.45) is 4.06. The fourth-order valence-electron chi connectivity index (χ4n) is 2.91. The minimum absolute atomic E-state index is 0.440. The Labute approximate surface area is 129 Å². The van der Waals surface area contributed by atoms with Gasteiger partial charge in [-0.1, -0.05) is 38.1 Å². The van der Waals surface area contributed by atoms with Crippen LogP contribution in [0.3, 0.4) is 0 Å². The summed E-state index contributed by atoms with van der Waals surface area (Å²) < 4.78 is 5.78. The van der Waals surface area contributed by atoms with Crippen molar-refractivity contribution >= 4 is 0 Å². The summed E-state index contributed by atoms with van der Waals surface area (Å²) in [5, 5.41) is 3.51. The van der Waals surface area contributed by atoms with E-state index in [4.69, 9.17) is 4.74 Å². The molecular weight excluding hydrogens is 260 g/mol. The number of benzene rings is 1. The molecule has 0 spiro atoms. The average Bonchev–Trinajstić information content (AvgIpc) is 3.01. The Balaban J connectivity index is 1.92. The summed E-state index contributed by atoms with van der Waals surface area (Å²) in [7, 11) is 0. The van der Waals surface area contributed by atoms with Crippen LogP contribution in [0.25, 0.3) is 0 Å². The molecule has 2 rings (SSSR count). The summed E-state index contributed by atoms with van der Waals surface area (Å²) >= 11 is 0. The van der Waals surface area contributed by atoms with E-state index >= 15 is 0 Å². The Morgan fingerprint density at radius 3 is 2.71 bits per heavy atom. The van der Waals surface area contributed by atoms with Crippen LogP contribution in [-0.4, -0.2) is 37.2 Å². The molecule has 0 saturated carbocycles. The first-order valence-corrected chi connectivity index (χ1v) is 8.45. The Hall–Kier alpha value is -0.900. The van der Waals surface area contributed by atoms with Crippen LogP contribution >= 0.6 is 0 Å². The summed E-state index contributed by atoms with van der Waals surface area (Å²) in [5.74, 6) is 0. The van der Waals surface area contributed by atoms with Crippen molar-refractivity contribution < 1.29 is 4.74 Å². The Kier molecular flexibility index (Phi) is 7.20. The van der Waals surface area contributed by atoms with E-state index in [1.54, 1.807) is 0 Å². The van der Waals surface area contributed by atoms with Crippen molar-refractivity contribution in [3.05, 3.63) is 35.4 Å². The van der Waals surface area contributed by atoms with Crippen molar-refractivity contribution in [2.24, 2.45) is 0 Å². The van der Waals surface area contributed by atoms with E-state index in [2.05, 4.69) is 48.3 Å². The summed E-state index contributed by atoms with van der Waals surface area (Å²) in [6, 6.07) is 8.81. The van der Waals surface area contributed by atoms with Gasteiger partial charge in [-0.2, -0.15) is 0 Å². The predicted molar refractivity (Wildman–Crippen MR) is 88.4 cm³/mol. The van der Waals surface area contributed by atoms with Gasteiger partial charge >= 0.3 is 0 Å². The van der Waals surface area contributed by atoms with Gasteiger partial charge in [0.25, 0.3) is 0 Å². The largest absolute Gasteiger partial charge is 0.377 e. The smallest absolute Gasteiger partial charge is 0.0702 e. The molecule has 1 aromatic carbocycles. The van der Waals surface area contributed by atoms with Crippen molar-refractivity contribution in [1.29, 1.82) is 0 Å². The van der Waals surface area contributed by atoms with Crippen LogP contribution in [-0.2, 0) is 17.8 Å². The molecule has 1 unspecified atom stereocenters. The van der Waals surface area contributed by atoms with E-state index in [9.17, 15) is 0 Å². The molecule has 1 saturated heterocycles. The van der Waals surface area contributed by atoms with Gasteiger partial charge < -0.3 is 10.1 Å². The molecule has 0 aliphatic carbocycles. The summed E-state index contributed by atoms with van der Waals surface area (Å²) in [6.45, 7) is 10.6. The van der Waals surface area contributed by atoms with E-state index in [0.29, 0.717) is 6.10 Å². The lowest BCUT2D eigenvalue weighted by Crippen LogP contribution is -2.32. The highest BCUT2D eigenvalue weighted by Gasteiger charge is 2.19. The van der Waals surface area contributed by atoms with Crippen LogP contribution in [0, 0.1) is 0 Å². The lowest BCUT2D eigenvalue weighted by molar-refractivity contribution is 0.0724. The Bertz CT molecular complexity index is 402. The van der Waals surface area contributed by atoms with E-state index < -0.39 is 0 Å². The second-order valence-electron chi connectivity index (χ2n) is 5.91. The second kappa shape index (κ2) is 9.19. The number of ether oxygens (including phenoxy) is 1. The van der Waals surface area contributed by atoms with Gasteiger partial charge in [-0.15, -0.1) is 0 Å². The number of likely N-dealkylation sites (N-methyl/N-ethyl adjacent to an activating group) is 1. The monoisotopic (exact) mass is 290 g/mol. The number of nitrogens with one attached hydrogen (secondary N) is 1. The molecule has 0 aromatic heterocycles. The molecule has 1 atom stereocenters. The molecule has 1 heterocycles. The van der Waals surface area contributed by atoms with Crippen LogP contribution in [0.5, 0.6) is 0 Å². The zero-order chi connectivity index (χ0) is 14.9. The number of hydrogen-bond acceptors (Lipinski definition) is 3. The SMILES string of the molecule is CCCNCc1ccccc1CN(CC)CC1CCCO1. The van der Waals surface area contributed by atoms with Crippen LogP contribution in [0.1, 0.15) is 44.2 Å². The third-order valence-corrected chi connectivity index (χ3v) is 4.19. The molecule has 1 aliphatic rings. The van der Waals surface area contributed by atoms with Crippen LogP contribution in [0.4, 0.5) is 0 Å². The third kappa shape index (κ3) is 5.42. The zero-order valence-electron chi connectivity index (χ0n) is 13.6. The first kappa shape index (κ1) is 16.5. The lowest BCUT2D eigenvalue weighted by Gasteiger charge is -2.25. The van der Waals surface area contributed by atoms with E-state index in [1.165, 1.54) is 30.4 Å². The fourth-order valence-corrected chi connectivity index (χ4v) is 2.91.